The van der Waals surface area contributed by atoms with Crippen LogP contribution in [0, 0.1) is 0 Å². The van der Waals surface area contributed by atoms with Gasteiger partial charge in [0.1, 0.15) is 24.2 Å². The van der Waals surface area contributed by atoms with Gasteiger partial charge < -0.3 is 13.3 Å². The first-order valence-corrected chi connectivity index (χ1v) is 26.2. The number of phosphoric acid groups is 1. The topological polar surface area (TPSA) is 84.2 Å². The lowest BCUT2D eigenvalue weighted by Gasteiger charge is -2.24. The summed E-state index contributed by atoms with van der Waals surface area (Å²) >= 11 is 0. The first kappa shape index (κ1) is 37.1. The SMILES string of the molecule is CC[Si](CC)(CC)c1cc(COP(=O)(OCc2coc([Si](CC)(CC)CC)c2)OCc2coc([Si](CC)(CC)CC)c2)co1. The second-order valence-electron chi connectivity index (χ2n) is 12.2. The van der Waals surface area contributed by atoms with Gasteiger partial charge in [-0.1, -0.05) is 117 Å². The molecule has 3 aromatic heterocycles. The van der Waals surface area contributed by atoms with E-state index in [1.54, 1.807) is 18.8 Å². The highest BCUT2D eigenvalue weighted by molar-refractivity contribution is 7.48. The number of furan rings is 3. The van der Waals surface area contributed by atoms with Crippen LogP contribution in [0.4, 0.5) is 0 Å². The van der Waals surface area contributed by atoms with Gasteiger partial charge in [0.2, 0.25) is 0 Å². The molecule has 3 rings (SSSR count). The van der Waals surface area contributed by atoms with Crippen molar-refractivity contribution in [3.05, 3.63) is 53.7 Å². The first-order chi connectivity index (χ1) is 21.1. The number of hydrogen-bond donors (Lipinski definition) is 0. The van der Waals surface area contributed by atoms with Gasteiger partial charge in [0.15, 0.2) is 0 Å². The van der Waals surface area contributed by atoms with Crippen molar-refractivity contribution in [1.82, 2.24) is 0 Å². The molecule has 0 aliphatic rings. The van der Waals surface area contributed by atoms with Crippen LogP contribution in [0.25, 0.3) is 0 Å². The Morgan fingerprint density at radius 1 is 0.477 bits per heavy atom. The zero-order valence-corrected chi connectivity index (χ0v) is 32.6. The normalized spacial score (nSPS) is 13.2. The molecule has 0 aliphatic carbocycles. The van der Waals surface area contributed by atoms with E-state index in [-0.39, 0.29) is 19.8 Å². The summed E-state index contributed by atoms with van der Waals surface area (Å²) in [5, 5.41) is 3.22. The molecule has 248 valence electrons. The molecule has 0 atom stereocenters. The zero-order chi connectivity index (χ0) is 32.4. The average Bonchev–Trinajstić information content (AvgIpc) is 3.85. The standard InChI is InChI=1S/C33H57O7PSi3/c1-10-42(11-2,12-3)31-19-28(22-35-31)25-38-41(34,39-26-29-20-32(36-23-29)43(13-4,14-5)15-6)40-27-30-21-33(37-24-30)44(16-7,17-8)18-9/h19-24H,10-18,25-27H2,1-9H3. The van der Waals surface area contributed by atoms with Crippen molar-refractivity contribution in [3.63, 3.8) is 0 Å². The lowest BCUT2D eigenvalue weighted by molar-refractivity contribution is 0.0975. The molecule has 0 amide bonds. The fraction of sp³-hybridized carbons (Fsp3) is 0.636. The van der Waals surface area contributed by atoms with E-state index in [9.17, 15) is 4.57 Å². The van der Waals surface area contributed by atoms with Gasteiger partial charge in [-0.25, -0.2) is 4.57 Å². The van der Waals surface area contributed by atoms with Gasteiger partial charge >= 0.3 is 7.82 Å². The highest BCUT2D eigenvalue weighted by Crippen LogP contribution is 2.51. The van der Waals surface area contributed by atoms with Crippen LogP contribution in [0.15, 0.2) is 50.2 Å². The Labute approximate surface area is 269 Å². The lowest BCUT2D eigenvalue weighted by atomic mass is 10.4. The molecule has 0 unspecified atom stereocenters. The monoisotopic (exact) mass is 680 g/mol. The molecule has 0 radical (unpaired) electrons. The van der Waals surface area contributed by atoms with Crippen LogP contribution in [0.2, 0.25) is 54.4 Å². The van der Waals surface area contributed by atoms with Gasteiger partial charge in [-0.3, -0.25) is 13.6 Å². The van der Waals surface area contributed by atoms with E-state index in [1.165, 1.54) is 0 Å². The molecule has 44 heavy (non-hydrogen) atoms. The third-order valence-corrected chi connectivity index (χ3v) is 28.2. The summed E-state index contributed by atoms with van der Waals surface area (Å²) in [7, 11) is -9.00. The molecule has 0 spiro atoms. The number of phosphoric ester groups is 1. The maximum absolute atomic E-state index is 14.1. The second kappa shape index (κ2) is 16.4. The fourth-order valence-corrected chi connectivity index (χ4v) is 17.8. The first-order valence-electron chi connectivity index (χ1n) is 16.9. The molecule has 0 aromatic carbocycles. The number of hydrogen-bond acceptors (Lipinski definition) is 7. The largest absolute Gasteiger partial charge is 0.475 e. The maximum atomic E-state index is 14.1. The molecule has 0 bridgehead atoms. The number of rotatable bonds is 21. The van der Waals surface area contributed by atoms with Crippen LogP contribution < -0.4 is 16.2 Å². The minimum atomic E-state index is -3.96. The average molecular weight is 681 g/mol. The fourth-order valence-electron chi connectivity index (χ4n) is 6.58. The highest BCUT2D eigenvalue weighted by Gasteiger charge is 2.36. The van der Waals surface area contributed by atoms with Crippen molar-refractivity contribution >= 4 is 48.2 Å². The summed E-state index contributed by atoms with van der Waals surface area (Å²) in [5.41, 5.74) is 2.51. The molecule has 0 aliphatic heterocycles. The van der Waals surface area contributed by atoms with Crippen molar-refractivity contribution in [2.24, 2.45) is 0 Å². The molecular weight excluding hydrogens is 624 g/mol. The van der Waals surface area contributed by atoms with Crippen LogP contribution >= 0.6 is 7.82 Å². The molecule has 0 fully saturated rings. The Balaban J connectivity index is 1.80. The van der Waals surface area contributed by atoms with Crippen LogP contribution in [0.1, 0.15) is 79.0 Å². The van der Waals surface area contributed by atoms with Crippen LogP contribution in [-0.4, -0.2) is 24.2 Å². The van der Waals surface area contributed by atoms with Gasteiger partial charge in [0.05, 0.1) is 54.8 Å². The lowest BCUT2D eigenvalue weighted by Crippen LogP contribution is -2.44. The summed E-state index contributed by atoms with van der Waals surface area (Å²) in [6, 6.07) is 16.3. The molecule has 3 aromatic rings. The Bertz CT molecular complexity index is 1140. The zero-order valence-electron chi connectivity index (χ0n) is 28.8. The van der Waals surface area contributed by atoms with Gasteiger partial charge in [-0.05, 0) is 18.2 Å². The van der Waals surface area contributed by atoms with Crippen molar-refractivity contribution in [3.8, 4) is 0 Å². The van der Waals surface area contributed by atoms with E-state index < -0.39 is 32.0 Å². The van der Waals surface area contributed by atoms with Gasteiger partial charge in [-0.2, -0.15) is 0 Å². The molecule has 11 heteroatoms. The molecular formula is C33H57O7PSi3. The van der Waals surface area contributed by atoms with Gasteiger partial charge in [0.25, 0.3) is 0 Å². The van der Waals surface area contributed by atoms with Crippen molar-refractivity contribution in [2.75, 3.05) is 0 Å². The third-order valence-electron chi connectivity index (χ3n) is 10.8. The summed E-state index contributed by atoms with van der Waals surface area (Å²) in [6.07, 6.45) is 5.17. The van der Waals surface area contributed by atoms with Crippen LogP contribution in [0.5, 0.6) is 0 Å². The minimum Gasteiger partial charge on any atom is -0.474 e. The predicted octanol–water partition coefficient (Wildman–Crippen LogP) is 9.67. The van der Waals surface area contributed by atoms with E-state index >= 15 is 0 Å². The van der Waals surface area contributed by atoms with E-state index in [4.69, 9.17) is 26.8 Å². The quantitative estimate of drug-likeness (QED) is 0.0818. The molecule has 7 nitrogen and oxygen atoms in total. The molecule has 0 saturated heterocycles. The smallest absolute Gasteiger partial charge is 0.474 e. The van der Waals surface area contributed by atoms with E-state index in [0.29, 0.717) is 0 Å². The Kier molecular flexibility index (Phi) is 13.8. The summed E-state index contributed by atoms with van der Waals surface area (Å²) in [6.45, 7) is 20.5. The second-order valence-corrected chi connectivity index (χ2v) is 29.4. The summed E-state index contributed by atoms with van der Waals surface area (Å²) in [4.78, 5) is 0. The molecule has 0 saturated carbocycles. The predicted molar refractivity (Wildman–Crippen MR) is 189 cm³/mol. The van der Waals surface area contributed by atoms with Gasteiger partial charge in [-0.15, -0.1) is 0 Å². The van der Waals surface area contributed by atoms with Crippen LogP contribution in [0.3, 0.4) is 0 Å². The Hall–Kier alpha value is -1.40. The summed E-state index contributed by atoms with van der Waals surface area (Å²) < 4.78 is 50.2. The van der Waals surface area contributed by atoms with E-state index in [0.717, 1.165) is 87.2 Å². The van der Waals surface area contributed by atoms with Crippen LogP contribution in [-0.2, 0) is 38.0 Å². The third kappa shape index (κ3) is 8.11. The molecule has 3 heterocycles. The Morgan fingerprint density at radius 2 is 0.705 bits per heavy atom. The highest BCUT2D eigenvalue weighted by atomic mass is 31.2. The van der Waals surface area contributed by atoms with Gasteiger partial charge in [0, 0.05) is 16.7 Å². The summed E-state index contributed by atoms with van der Waals surface area (Å²) in [5.74, 6) is 0. The minimum absolute atomic E-state index is 0.0741. The maximum Gasteiger partial charge on any atom is 0.475 e. The van der Waals surface area contributed by atoms with Crippen molar-refractivity contribution in [1.29, 1.82) is 0 Å². The van der Waals surface area contributed by atoms with E-state index in [2.05, 4.69) is 80.5 Å². The van der Waals surface area contributed by atoms with Crippen molar-refractivity contribution < 1.29 is 31.4 Å². The van der Waals surface area contributed by atoms with Crippen molar-refractivity contribution in [2.45, 2.75) is 137 Å². The Morgan fingerprint density at radius 3 is 0.909 bits per heavy atom. The van der Waals surface area contributed by atoms with E-state index in [1.807, 2.05) is 0 Å². The molecule has 0 N–H and O–H groups in total.